The third kappa shape index (κ3) is 6.75. The molecule has 44 heavy (non-hydrogen) atoms. The summed E-state index contributed by atoms with van der Waals surface area (Å²) in [6, 6.07) is 22.1. The maximum atomic E-state index is 13.1. The van der Waals surface area contributed by atoms with Gasteiger partial charge < -0.3 is 19.1 Å². The average molecular weight is 600 g/mol. The van der Waals surface area contributed by atoms with Gasteiger partial charge in [0.1, 0.15) is 5.82 Å². The van der Waals surface area contributed by atoms with Gasteiger partial charge in [0.25, 0.3) is 0 Å². The molecule has 3 aliphatic rings. The van der Waals surface area contributed by atoms with E-state index in [4.69, 9.17) is 24.2 Å². The highest BCUT2D eigenvalue weighted by Gasteiger charge is 2.43. The Kier molecular flexibility index (Phi) is 9.74. The van der Waals surface area contributed by atoms with E-state index in [1.54, 1.807) is 14.2 Å². The third-order valence-corrected chi connectivity index (χ3v) is 9.19. The molecule has 6 rings (SSSR count). The van der Waals surface area contributed by atoms with Crippen molar-refractivity contribution in [1.82, 2.24) is 24.7 Å². The standard InChI is InChI=1S/C35H45N5O4/c1-4-44-35-29(34(43-3)36-33(37-35)27-15-16-27)23-38-21-28-22-39(31(41)17-20-42-2)18-19-40(28)30(24-38)32(25-11-7-5-8-12-25)26-13-9-6-10-14-26/h5-14,27-28,30,32H,4,15-24H2,1-3H3/t28-,30?/m1/s1. The van der Waals surface area contributed by atoms with Crippen LogP contribution in [0.4, 0.5) is 0 Å². The zero-order valence-electron chi connectivity index (χ0n) is 26.2. The Morgan fingerprint density at radius 3 is 2.20 bits per heavy atom. The molecule has 9 heteroatoms. The van der Waals surface area contributed by atoms with Gasteiger partial charge in [0.05, 0.1) is 32.3 Å². The van der Waals surface area contributed by atoms with E-state index >= 15 is 0 Å². The number of rotatable bonds is 12. The summed E-state index contributed by atoms with van der Waals surface area (Å²) in [7, 11) is 3.33. The van der Waals surface area contributed by atoms with Crippen LogP contribution in [0.1, 0.15) is 60.5 Å². The lowest BCUT2D eigenvalue weighted by Gasteiger charge is -2.53. The summed E-state index contributed by atoms with van der Waals surface area (Å²) in [6.45, 7) is 7.50. The monoisotopic (exact) mass is 599 g/mol. The summed E-state index contributed by atoms with van der Waals surface area (Å²) < 4.78 is 17.2. The number of fused-ring (bicyclic) bond motifs is 1. The molecule has 2 aromatic carbocycles. The number of aromatic nitrogens is 2. The van der Waals surface area contributed by atoms with Gasteiger partial charge in [-0.1, -0.05) is 60.7 Å². The number of hydrogen-bond donors (Lipinski definition) is 0. The first kappa shape index (κ1) is 30.5. The first-order valence-electron chi connectivity index (χ1n) is 16.0. The van der Waals surface area contributed by atoms with E-state index in [2.05, 4.69) is 70.5 Å². The number of amides is 1. The van der Waals surface area contributed by atoms with Crippen LogP contribution in [-0.4, -0.2) is 103 Å². The van der Waals surface area contributed by atoms with Crippen molar-refractivity contribution < 1.29 is 19.0 Å². The van der Waals surface area contributed by atoms with Crippen molar-refractivity contribution in [3.63, 3.8) is 0 Å². The number of benzene rings is 2. The molecule has 0 bridgehead atoms. The van der Waals surface area contributed by atoms with E-state index in [-0.39, 0.29) is 23.9 Å². The van der Waals surface area contributed by atoms with Crippen LogP contribution in [0, 0.1) is 0 Å². The minimum atomic E-state index is 0.159. The molecule has 0 spiro atoms. The summed E-state index contributed by atoms with van der Waals surface area (Å²) >= 11 is 0. The van der Waals surface area contributed by atoms with E-state index in [1.165, 1.54) is 11.1 Å². The Labute approximate surface area is 261 Å². The van der Waals surface area contributed by atoms with Crippen molar-refractivity contribution >= 4 is 5.91 Å². The molecule has 0 radical (unpaired) electrons. The van der Waals surface area contributed by atoms with Crippen molar-refractivity contribution in [1.29, 1.82) is 0 Å². The normalized spacial score (nSPS) is 20.9. The second-order valence-electron chi connectivity index (χ2n) is 12.1. The smallest absolute Gasteiger partial charge is 0.225 e. The number of piperazine rings is 2. The molecule has 0 N–H and O–H groups in total. The van der Waals surface area contributed by atoms with Crippen molar-refractivity contribution in [3.8, 4) is 11.8 Å². The van der Waals surface area contributed by atoms with Gasteiger partial charge >= 0.3 is 0 Å². The zero-order valence-corrected chi connectivity index (χ0v) is 26.2. The Balaban J connectivity index is 1.36. The Hall–Kier alpha value is -3.53. The van der Waals surface area contributed by atoms with Gasteiger partial charge in [-0.3, -0.25) is 14.6 Å². The van der Waals surface area contributed by atoms with Crippen LogP contribution in [0.15, 0.2) is 60.7 Å². The SMILES string of the molecule is CCOc1nc(C2CC2)nc(OC)c1CN1CC(C(c2ccccc2)c2ccccc2)N2CCN(C(=O)CCOC)C[C@H]2C1. The molecule has 3 aromatic rings. The lowest BCUT2D eigenvalue weighted by atomic mass is 9.81. The molecular weight excluding hydrogens is 554 g/mol. The maximum absolute atomic E-state index is 13.1. The predicted molar refractivity (Wildman–Crippen MR) is 169 cm³/mol. The van der Waals surface area contributed by atoms with Crippen LogP contribution in [0.2, 0.25) is 0 Å². The van der Waals surface area contributed by atoms with Crippen molar-refractivity contribution in [3.05, 3.63) is 83.2 Å². The number of nitrogens with zero attached hydrogens (tertiary/aromatic N) is 5. The van der Waals surface area contributed by atoms with Gasteiger partial charge in [-0.15, -0.1) is 0 Å². The predicted octanol–water partition coefficient (Wildman–Crippen LogP) is 4.33. The summed E-state index contributed by atoms with van der Waals surface area (Å²) in [5, 5.41) is 0. The quantitative estimate of drug-likeness (QED) is 0.305. The van der Waals surface area contributed by atoms with E-state index in [0.717, 1.165) is 50.4 Å². The van der Waals surface area contributed by atoms with Crippen LogP contribution < -0.4 is 9.47 Å². The summed E-state index contributed by atoms with van der Waals surface area (Å²) in [5.74, 6) is 2.77. The van der Waals surface area contributed by atoms with Crippen LogP contribution in [0.25, 0.3) is 0 Å². The molecule has 2 aliphatic heterocycles. The van der Waals surface area contributed by atoms with E-state index < -0.39 is 0 Å². The fraction of sp³-hybridized carbons (Fsp3) is 0.514. The molecule has 1 saturated carbocycles. The zero-order chi connectivity index (χ0) is 30.5. The first-order valence-corrected chi connectivity index (χ1v) is 16.0. The Bertz CT molecular complexity index is 1350. The van der Waals surface area contributed by atoms with E-state index in [9.17, 15) is 4.79 Å². The second-order valence-corrected chi connectivity index (χ2v) is 12.1. The first-order chi connectivity index (χ1) is 21.6. The van der Waals surface area contributed by atoms with Gasteiger partial charge in [0.2, 0.25) is 17.7 Å². The van der Waals surface area contributed by atoms with Crippen molar-refractivity contribution in [2.75, 3.05) is 60.2 Å². The van der Waals surface area contributed by atoms with Gasteiger partial charge in [-0.25, -0.2) is 0 Å². The number of hydrogen-bond acceptors (Lipinski definition) is 8. The number of carbonyl (C=O) groups is 1. The number of methoxy groups -OCH3 is 2. The Morgan fingerprint density at radius 2 is 1.59 bits per heavy atom. The van der Waals surface area contributed by atoms with Crippen LogP contribution >= 0.6 is 0 Å². The second kappa shape index (κ2) is 14.1. The third-order valence-electron chi connectivity index (χ3n) is 9.19. The summed E-state index contributed by atoms with van der Waals surface area (Å²) in [5.41, 5.74) is 3.49. The number of carbonyl (C=O) groups excluding carboxylic acids is 1. The molecular formula is C35H45N5O4. The van der Waals surface area contributed by atoms with E-state index in [1.807, 2.05) is 11.8 Å². The lowest BCUT2D eigenvalue weighted by molar-refractivity contribution is -0.137. The average Bonchev–Trinajstić information content (AvgIpc) is 3.91. The molecule has 2 atom stereocenters. The fourth-order valence-corrected chi connectivity index (χ4v) is 6.94. The van der Waals surface area contributed by atoms with Crippen molar-refractivity contribution in [2.45, 2.75) is 56.7 Å². The molecule has 3 heterocycles. The topological polar surface area (TPSA) is 80.3 Å². The molecule has 3 fully saturated rings. The van der Waals surface area contributed by atoms with Crippen LogP contribution in [0.3, 0.4) is 0 Å². The number of ether oxygens (including phenoxy) is 3. The highest BCUT2D eigenvalue weighted by molar-refractivity contribution is 5.76. The molecule has 9 nitrogen and oxygen atoms in total. The molecule has 1 unspecified atom stereocenters. The molecule has 234 valence electrons. The van der Waals surface area contributed by atoms with Gasteiger partial charge in [0, 0.05) is 70.3 Å². The van der Waals surface area contributed by atoms with Gasteiger partial charge in [-0.2, -0.15) is 9.97 Å². The van der Waals surface area contributed by atoms with Crippen LogP contribution in [-0.2, 0) is 16.1 Å². The van der Waals surface area contributed by atoms with Crippen molar-refractivity contribution in [2.24, 2.45) is 0 Å². The highest BCUT2D eigenvalue weighted by Crippen LogP contribution is 2.41. The highest BCUT2D eigenvalue weighted by atomic mass is 16.5. The lowest BCUT2D eigenvalue weighted by Crippen LogP contribution is -2.67. The molecule has 1 amide bonds. The molecule has 2 saturated heterocycles. The molecule has 1 aliphatic carbocycles. The summed E-state index contributed by atoms with van der Waals surface area (Å²) in [6.07, 6.45) is 2.63. The van der Waals surface area contributed by atoms with E-state index in [0.29, 0.717) is 50.4 Å². The minimum Gasteiger partial charge on any atom is -0.481 e. The van der Waals surface area contributed by atoms with Gasteiger partial charge in [0.15, 0.2) is 0 Å². The van der Waals surface area contributed by atoms with Crippen LogP contribution in [0.5, 0.6) is 11.8 Å². The molecule has 1 aromatic heterocycles. The fourth-order valence-electron chi connectivity index (χ4n) is 6.94. The van der Waals surface area contributed by atoms with Gasteiger partial charge in [-0.05, 0) is 30.9 Å². The maximum Gasteiger partial charge on any atom is 0.225 e. The summed E-state index contributed by atoms with van der Waals surface area (Å²) in [4.78, 5) is 30.0. The Morgan fingerprint density at radius 1 is 0.909 bits per heavy atom. The minimum absolute atomic E-state index is 0.159. The largest absolute Gasteiger partial charge is 0.481 e.